The van der Waals surface area contributed by atoms with Crippen molar-refractivity contribution < 1.29 is 14.6 Å². The number of methoxy groups -OCH3 is 1. The second-order valence-electron chi connectivity index (χ2n) is 8.04. The number of nitrogens with one attached hydrogen (secondary N) is 1. The maximum atomic E-state index is 13.2. The number of anilines is 1. The lowest BCUT2D eigenvalue weighted by molar-refractivity contribution is -0.128. The zero-order valence-electron chi connectivity index (χ0n) is 18.0. The van der Waals surface area contributed by atoms with E-state index in [0.717, 1.165) is 24.2 Å². The number of carbonyl (C=O) groups excluding carboxylic acids is 1. The summed E-state index contributed by atoms with van der Waals surface area (Å²) in [4.78, 5) is 13.2. The number of aliphatic hydroxyl groups is 1. The Morgan fingerprint density at radius 1 is 1.19 bits per heavy atom. The molecule has 32 heavy (non-hydrogen) atoms. The van der Waals surface area contributed by atoms with Crippen molar-refractivity contribution in [3.05, 3.63) is 58.1 Å². The number of benzene rings is 2. The Bertz CT molecular complexity index is 1010. The summed E-state index contributed by atoms with van der Waals surface area (Å²) in [5.41, 5.74) is 4.83. The molecule has 1 amide bonds. The number of hydrogen-bond acceptors (Lipinski definition) is 6. The van der Waals surface area contributed by atoms with Crippen LogP contribution in [0.1, 0.15) is 37.8 Å². The molecule has 2 N–H and O–H groups in total. The molecule has 1 fully saturated rings. The number of amides is 1. The molecular formula is C23H26Cl2N4O3. The molecule has 1 unspecified atom stereocenters. The van der Waals surface area contributed by atoms with Gasteiger partial charge in [-0.3, -0.25) is 15.2 Å². The maximum Gasteiger partial charge on any atom is 0.282 e. The van der Waals surface area contributed by atoms with E-state index in [0.29, 0.717) is 34.4 Å². The van der Waals surface area contributed by atoms with Gasteiger partial charge in [-0.2, -0.15) is 10.1 Å². The summed E-state index contributed by atoms with van der Waals surface area (Å²) < 4.78 is 5.29. The van der Waals surface area contributed by atoms with E-state index in [1.165, 1.54) is 0 Å². The summed E-state index contributed by atoms with van der Waals surface area (Å²) in [6.45, 7) is 2.56. The number of aliphatic hydroxyl groups excluding tert-OH is 1. The third-order valence-electron chi connectivity index (χ3n) is 5.95. The topological polar surface area (TPSA) is 77.4 Å². The number of rotatable bonds is 5. The maximum absolute atomic E-state index is 13.2. The molecule has 0 aliphatic carbocycles. The van der Waals surface area contributed by atoms with E-state index < -0.39 is 6.23 Å². The number of hydrogen-bond donors (Lipinski definition) is 2. The SMILES string of the molecule is COc1ccc([C@@H]2[C@H](C)C(C(=O)NN3CCCCC3O)=NN2c2ccc(Cl)cc2Cl)cc1. The number of nitrogens with zero attached hydrogens (tertiary/aromatic N) is 3. The lowest BCUT2D eigenvalue weighted by atomic mass is 9.91. The Morgan fingerprint density at radius 2 is 1.94 bits per heavy atom. The van der Waals surface area contributed by atoms with Crippen LogP contribution in [0.4, 0.5) is 5.69 Å². The van der Waals surface area contributed by atoms with Crippen molar-refractivity contribution in [3.8, 4) is 5.75 Å². The van der Waals surface area contributed by atoms with Crippen molar-refractivity contribution in [1.29, 1.82) is 0 Å². The minimum Gasteiger partial charge on any atom is -0.497 e. The summed E-state index contributed by atoms with van der Waals surface area (Å²) >= 11 is 12.6. The lowest BCUT2D eigenvalue weighted by Crippen LogP contribution is -2.53. The first-order chi connectivity index (χ1) is 15.4. The Labute approximate surface area is 197 Å². The van der Waals surface area contributed by atoms with Gasteiger partial charge in [-0.25, -0.2) is 0 Å². The molecule has 0 radical (unpaired) electrons. The fraction of sp³-hybridized carbons (Fsp3) is 0.391. The summed E-state index contributed by atoms with van der Waals surface area (Å²) in [5, 5.41) is 19.2. The molecule has 7 nitrogen and oxygen atoms in total. The minimum absolute atomic E-state index is 0.239. The normalized spacial score (nSPS) is 23.7. The summed E-state index contributed by atoms with van der Waals surface area (Å²) in [7, 11) is 1.62. The molecule has 2 aromatic rings. The Kier molecular flexibility index (Phi) is 6.90. The number of halogens is 2. The van der Waals surface area contributed by atoms with Crippen molar-refractivity contribution in [2.75, 3.05) is 18.7 Å². The number of hydrazone groups is 1. The molecule has 0 aromatic heterocycles. The zero-order valence-corrected chi connectivity index (χ0v) is 19.5. The largest absolute Gasteiger partial charge is 0.497 e. The fourth-order valence-electron chi connectivity index (χ4n) is 4.22. The highest BCUT2D eigenvalue weighted by atomic mass is 35.5. The van der Waals surface area contributed by atoms with Gasteiger partial charge in [0, 0.05) is 17.5 Å². The third-order valence-corrected chi connectivity index (χ3v) is 6.48. The average molecular weight is 477 g/mol. The molecule has 2 aromatic carbocycles. The van der Waals surface area contributed by atoms with Crippen LogP contribution < -0.4 is 15.2 Å². The van der Waals surface area contributed by atoms with Crippen LogP contribution in [-0.2, 0) is 4.79 Å². The number of piperidine rings is 1. The predicted molar refractivity (Wildman–Crippen MR) is 126 cm³/mol. The first kappa shape index (κ1) is 22.9. The highest BCUT2D eigenvalue weighted by Crippen LogP contribution is 2.42. The van der Waals surface area contributed by atoms with Crippen LogP contribution in [0.3, 0.4) is 0 Å². The Morgan fingerprint density at radius 3 is 2.59 bits per heavy atom. The van der Waals surface area contributed by atoms with E-state index >= 15 is 0 Å². The van der Waals surface area contributed by atoms with Gasteiger partial charge in [0.1, 0.15) is 17.7 Å². The third kappa shape index (κ3) is 4.57. The summed E-state index contributed by atoms with van der Waals surface area (Å²) in [5.74, 6) is 0.176. The van der Waals surface area contributed by atoms with Crippen LogP contribution in [0.25, 0.3) is 0 Å². The Hall–Kier alpha value is -2.32. The second-order valence-corrected chi connectivity index (χ2v) is 8.89. The molecule has 9 heteroatoms. The van der Waals surface area contributed by atoms with Crippen LogP contribution in [0, 0.1) is 5.92 Å². The van der Waals surface area contributed by atoms with E-state index in [-0.39, 0.29) is 17.9 Å². The molecule has 2 aliphatic heterocycles. The van der Waals surface area contributed by atoms with Crippen LogP contribution in [0.2, 0.25) is 10.0 Å². The standard InChI is InChI=1S/C23H26Cl2N4O3/c1-14-21(23(31)27-28-12-4-3-5-20(28)30)26-29(19-11-8-16(24)13-18(19)25)22(14)15-6-9-17(32-2)10-7-15/h6-11,13-14,20,22,30H,3-5,12H2,1-2H3,(H,27,31)/t14-,20?,22+/m1/s1. The van der Waals surface area contributed by atoms with E-state index in [1.807, 2.05) is 31.2 Å². The predicted octanol–water partition coefficient (Wildman–Crippen LogP) is 4.39. The van der Waals surface area contributed by atoms with Crippen LogP contribution in [0.15, 0.2) is 47.6 Å². The number of hydrazine groups is 1. The van der Waals surface area contributed by atoms with Crippen LogP contribution in [-0.4, -0.2) is 41.6 Å². The first-order valence-corrected chi connectivity index (χ1v) is 11.4. The molecule has 170 valence electrons. The van der Waals surface area contributed by atoms with E-state index in [2.05, 4.69) is 5.43 Å². The molecule has 0 saturated carbocycles. The number of ether oxygens (including phenoxy) is 1. The van der Waals surface area contributed by atoms with Gasteiger partial charge in [-0.05, 0) is 55.2 Å². The Balaban J connectivity index is 1.68. The zero-order chi connectivity index (χ0) is 22.8. The van der Waals surface area contributed by atoms with E-state index in [4.69, 9.17) is 33.0 Å². The van der Waals surface area contributed by atoms with Crippen molar-refractivity contribution >= 4 is 40.5 Å². The quantitative estimate of drug-likeness (QED) is 0.668. The molecule has 3 atom stereocenters. The second kappa shape index (κ2) is 9.67. The van der Waals surface area contributed by atoms with E-state index in [1.54, 1.807) is 35.3 Å². The van der Waals surface area contributed by atoms with Crippen molar-refractivity contribution in [1.82, 2.24) is 10.4 Å². The van der Waals surface area contributed by atoms with Crippen molar-refractivity contribution in [2.45, 2.75) is 38.5 Å². The van der Waals surface area contributed by atoms with Gasteiger partial charge in [0.05, 0.1) is 23.9 Å². The van der Waals surface area contributed by atoms with Crippen molar-refractivity contribution in [3.63, 3.8) is 0 Å². The van der Waals surface area contributed by atoms with Gasteiger partial charge in [-0.1, -0.05) is 42.3 Å². The lowest BCUT2D eigenvalue weighted by Gasteiger charge is -2.32. The minimum atomic E-state index is -0.691. The monoisotopic (exact) mass is 476 g/mol. The van der Waals surface area contributed by atoms with Gasteiger partial charge >= 0.3 is 0 Å². The molecule has 2 aliphatic rings. The van der Waals surface area contributed by atoms with Crippen molar-refractivity contribution in [2.24, 2.45) is 11.0 Å². The molecule has 0 bridgehead atoms. The first-order valence-electron chi connectivity index (χ1n) is 10.6. The van der Waals surface area contributed by atoms with Crippen LogP contribution in [0.5, 0.6) is 5.75 Å². The molecular weight excluding hydrogens is 451 g/mol. The summed E-state index contributed by atoms with van der Waals surface area (Å²) in [6, 6.07) is 12.6. The van der Waals surface area contributed by atoms with Gasteiger partial charge in [0.2, 0.25) is 0 Å². The smallest absolute Gasteiger partial charge is 0.282 e. The van der Waals surface area contributed by atoms with Crippen LogP contribution >= 0.6 is 23.2 Å². The highest BCUT2D eigenvalue weighted by Gasteiger charge is 2.40. The molecule has 1 saturated heterocycles. The van der Waals surface area contributed by atoms with Gasteiger partial charge in [0.15, 0.2) is 0 Å². The fourth-order valence-corrected chi connectivity index (χ4v) is 4.71. The summed E-state index contributed by atoms with van der Waals surface area (Å²) in [6.07, 6.45) is 1.79. The molecule has 2 heterocycles. The number of carbonyl (C=O) groups is 1. The van der Waals surface area contributed by atoms with Gasteiger partial charge in [0.25, 0.3) is 5.91 Å². The van der Waals surface area contributed by atoms with Gasteiger partial charge < -0.3 is 9.84 Å². The molecule has 4 rings (SSSR count). The van der Waals surface area contributed by atoms with Gasteiger partial charge in [-0.15, -0.1) is 0 Å². The van der Waals surface area contributed by atoms with E-state index in [9.17, 15) is 9.90 Å². The average Bonchev–Trinajstić information content (AvgIpc) is 3.12. The molecule has 0 spiro atoms. The highest BCUT2D eigenvalue weighted by molar-refractivity contribution is 6.41.